The molecule has 0 amide bonds. The Morgan fingerprint density at radius 2 is 2.26 bits per heavy atom. The number of nitro benzene ring substituents is 1. The molecule has 0 bridgehead atoms. The second kappa shape index (κ2) is 5.88. The largest absolute Gasteiger partial charge is 0.380 e. The van der Waals surface area contributed by atoms with Crippen LogP contribution in [0.4, 0.5) is 11.4 Å². The summed E-state index contributed by atoms with van der Waals surface area (Å²) in [5.74, 6) is 0. The first-order chi connectivity index (χ1) is 8.97. The molecule has 1 aromatic carbocycles. The predicted octanol–water partition coefficient (Wildman–Crippen LogP) is 3.25. The summed E-state index contributed by atoms with van der Waals surface area (Å²) in [5, 5.41) is 14.2. The van der Waals surface area contributed by atoms with Gasteiger partial charge in [0.15, 0.2) is 0 Å². The molecule has 1 fully saturated rings. The lowest BCUT2D eigenvalue weighted by Gasteiger charge is -2.21. The molecule has 0 saturated carbocycles. The molecule has 1 saturated heterocycles. The van der Waals surface area contributed by atoms with Crippen molar-refractivity contribution in [2.24, 2.45) is 0 Å². The molecule has 104 valence electrons. The Labute approximate surface area is 121 Å². The van der Waals surface area contributed by atoms with Gasteiger partial charge in [0.25, 0.3) is 5.69 Å². The van der Waals surface area contributed by atoms with Crippen molar-refractivity contribution >= 4 is 27.3 Å². The maximum absolute atomic E-state index is 10.8. The maximum Gasteiger partial charge on any atom is 0.271 e. The third kappa shape index (κ3) is 3.45. The van der Waals surface area contributed by atoms with Gasteiger partial charge in [-0.3, -0.25) is 15.0 Å². The Bertz CT molecular complexity index is 479. The van der Waals surface area contributed by atoms with Gasteiger partial charge in [0.05, 0.1) is 10.6 Å². The molecule has 1 unspecified atom stereocenters. The lowest BCUT2D eigenvalue weighted by molar-refractivity contribution is -0.384. The van der Waals surface area contributed by atoms with E-state index in [-0.39, 0.29) is 10.6 Å². The third-order valence-electron chi connectivity index (χ3n) is 3.47. The zero-order valence-corrected chi connectivity index (χ0v) is 12.7. The number of likely N-dealkylation sites (tertiary alicyclic amines) is 1. The van der Waals surface area contributed by atoms with E-state index in [4.69, 9.17) is 0 Å². The summed E-state index contributed by atoms with van der Waals surface area (Å²) in [6.45, 7) is 6.42. The van der Waals surface area contributed by atoms with Crippen LogP contribution in [0.15, 0.2) is 22.7 Å². The quantitative estimate of drug-likeness (QED) is 0.681. The summed E-state index contributed by atoms with van der Waals surface area (Å²) >= 11 is 3.43. The number of anilines is 1. The summed E-state index contributed by atoms with van der Waals surface area (Å²) in [5.41, 5.74) is 0.911. The predicted molar refractivity (Wildman–Crippen MR) is 79.5 cm³/mol. The van der Waals surface area contributed by atoms with Crippen molar-refractivity contribution in [1.29, 1.82) is 0 Å². The number of hydrogen-bond donors (Lipinski definition) is 1. The average molecular weight is 328 g/mol. The Kier molecular flexibility index (Phi) is 4.42. The first-order valence-electron chi connectivity index (χ1n) is 6.42. The molecule has 0 aromatic heterocycles. The van der Waals surface area contributed by atoms with E-state index >= 15 is 0 Å². The summed E-state index contributed by atoms with van der Waals surface area (Å²) in [7, 11) is 0. The van der Waals surface area contributed by atoms with Crippen LogP contribution in [0.3, 0.4) is 0 Å². The van der Waals surface area contributed by atoms with Gasteiger partial charge in [-0.05, 0) is 42.3 Å². The van der Waals surface area contributed by atoms with Crippen LogP contribution in [0, 0.1) is 10.1 Å². The highest BCUT2D eigenvalue weighted by Gasteiger charge is 2.24. The molecule has 0 radical (unpaired) electrons. The fourth-order valence-electron chi connectivity index (χ4n) is 2.33. The SMILES string of the molecule is CC(C)N1CCC(Nc2cc([N+](=O)[O-])ccc2Br)C1. The van der Waals surface area contributed by atoms with Crippen LogP contribution in [0.2, 0.25) is 0 Å². The Morgan fingerprint density at radius 1 is 1.53 bits per heavy atom. The van der Waals surface area contributed by atoms with E-state index in [0.29, 0.717) is 12.1 Å². The first-order valence-corrected chi connectivity index (χ1v) is 7.21. The van der Waals surface area contributed by atoms with Crippen molar-refractivity contribution in [2.75, 3.05) is 18.4 Å². The van der Waals surface area contributed by atoms with Gasteiger partial charge in [-0.15, -0.1) is 0 Å². The van der Waals surface area contributed by atoms with E-state index in [9.17, 15) is 10.1 Å². The molecule has 2 rings (SSSR count). The van der Waals surface area contributed by atoms with E-state index in [1.165, 1.54) is 6.07 Å². The third-order valence-corrected chi connectivity index (χ3v) is 4.16. The van der Waals surface area contributed by atoms with Crippen molar-refractivity contribution in [3.63, 3.8) is 0 Å². The minimum Gasteiger partial charge on any atom is -0.380 e. The minimum atomic E-state index is -0.368. The van der Waals surface area contributed by atoms with Gasteiger partial charge < -0.3 is 5.32 Å². The molecule has 0 spiro atoms. The van der Waals surface area contributed by atoms with Crippen LogP contribution in [0.5, 0.6) is 0 Å². The average Bonchev–Trinajstić information content (AvgIpc) is 2.80. The molecule has 1 aromatic rings. The fraction of sp³-hybridized carbons (Fsp3) is 0.538. The highest BCUT2D eigenvalue weighted by molar-refractivity contribution is 9.10. The van der Waals surface area contributed by atoms with Crippen molar-refractivity contribution in [3.8, 4) is 0 Å². The van der Waals surface area contributed by atoms with Crippen molar-refractivity contribution in [2.45, 2.75) is 32.4 Å². The van der Waals surface area contributed by atoms with Crippen LogP contribution in [-0.2, 0) is 0 Å². The summed E-state index contributed by atoms with van der Waals surface area (Å²) < 4.78 is 0.862. The van der Waals surface area contributed by atoms with Crippen LogP contribution >= 0.6 is 15.9 Å². The van der Waals surface area contributed by atoms with Crippen molar-refractivity contribution < 1.29 is 4.92 Å². The van der Waals surface area contributed by atoms with Crippen molar-refractivity contribution in [3.05, 3.63) is 32.8 Å². The standard InChI is InChI=1S/C13H18BrN3O2/c1-9(2)16-6-5-10(8-16)15-13-7-11(17(18)19)3-4-12(13)14/h3-4,7,9-10,15H,5-6,8H2,1-2H3. The molecule has 1 heterocycles. The molecule has 1 aliphatic rings. The lowest BCUT2D eigenvalue weighted by Crippen LogP contribution is -2.31. The van der Waals surface area contributed by atoms with Crippen LogP contribution in [0.25, 0.3) is 0 Å². The van der Waals surface area contributed by atoms with E-state index in [1.54, 1.807) is 12.1 Å². The number of benzene rings is 1. The summed E-state index contributed by atoms with van der Waals surface area (Å²) in [6.07, 6.45) is 1.06. The molecule has 5 nitrogen and oxygen atoms in total. The Morgan fingerprint density at radius 3 is 2.84 bits per heavy atom. The normalized spacial score (nSPS) is 19.9. The highest BCUT2D eigenvalue weighted by Crippen LogP contribution is 2.29. The molecular weight excluding hydrogens is 310 g/mol. The second-order valence-corrected chi connectivity index (χ2v) is 5.99. The van der Waals surface area contributed by atoms with Gasteiger partial charge in [-0.2, -0.15) is 0 Å². The molecule has 0 aliphatic carbocycles. The first kappa shape index (κ1) is 14.3. The van der Waals surface area contributed by atoms with E-state index in [0.717, 1.165) is 29.7 Å². The minimum absolute atomic E-state index is 0.115. The zero-order chi connectivity index (χ0) is 14.0. The molecule has 6 heteroatoms. The van der Waals surface area contributed by atoms with Gasteiger partial charge in [0, 0.05) is 41.8 Å². The monoisotopic (exact) mass is 327 g/mol. The zero-order valence-electron chi connectivity index (χ0n) is 11.1. The molecular formula is C13H18BrN3O2. The van der Waals surface area contributed by atoms with Crippen molar-refractivity contribution in [1.82, 2.24) is 4.90 Å². The van der Waals surface area contributed by atoms with E-state index < -0.39 is 0 Å². The number of nitrogens with one attached hydrogen (secondary N) is 1. The number of hydrogen-bond acceptors (Lipinski definition) is 4. The van der Waals surface area contributed by atoms with Gasteiger partial charge in [0.1, 0.15) is 0 Å². The maximum atomic E-state index is 10.8. The second-order valence-electron chi connectivity index (χ2n) is 5.14. The van der Waals surface area contributed by atoms with E-state index in [2.05, 4.69) is 40.0 Å². The number of non-ortho nitro benzene ring substituents is 1. The van der Waals surface area contributed by atoms with Gasteiger partial charge in [-0.1, -0.05) is 0 Å². The number of nitrogens with zero attached hydrogens (tertiary/aromatic N) is 2. The van der Waals surface area contributed by atoms with Gasteiger partial charge in [0.2, 0.25) is 0 Å². The molecule has 1 N–H and O–H groups in total. The van der Waals surface area contributed by atoms with Crippen LogP contribution in [-0.4, -0.2) is 35.0 Å². The fourth-order valence-corrected chi connectivity index (χ4v) is 2.69. The van der Waals surface area contributed by atoms with Gasteiger partial charge in [-0.25, -0.2) is 0 Å². The summed E-state index contributed by atoms with van der Waals surface area (Å²) in [4.78, 5) is 12.8. The molecule has 1 atom stereocenters. The highest BCUT2D eigenvalue weighted by atomic mass is 79.9. The smallest absolute Gasteiger partial charge is 0.271 e. The summed E-state index contributed by atoms with van der Waals surface area (Å²) in [6, 6.07) is 5.70. The Hall–Kier alpha value is -1.14. The van der Waals surface area contributed by atoms with Crippen LogP contribution in [0.1, 0.15) is 20.3 Å². The molecule has 1 aliphatic heterocycles. The lowest BCUT2D eigenvalue weighted by atomic mass is 10.2. The van der Waals surface area contributed by atoms with Crippen LogP contribution < -0.4 is 5.32 Å². The number of rotatable bonds is 4. The number of halogens is 1. The van der Waals surface area contributed by atoms with E-state index in [1.807, 2.05) is 0 Å². The topological polar surface area (TPSA) is 58.4 Å². The molecule has 19 heavy (non-hydrogen) atoms. The van der Waals surface area contributed by atoms with Gasteiger partial charge >= 0.3 is 0 Å². The Balaban J connectivity index is 2.07. The number of nitro groups is 1.